The average molecular weight is 353 g/mol. The van der Waals surface area contributed by atoms with Crippen molar-refractivity contribution < 1.29 is 13.9 Å². The first-order valence-electron chi connectivity index (χ1n) is 8.23. The molecule has 3 rings (SSSR count). The number of aromatic nitrogens is 2. The van der Waals surface area contributed by atoms with E-state index in [-0.39, 0.29) is 0 Å². The van der Waals surface area contributed by atoms with Gasteiger partial charge < -0.3 is 4.74 Å². The van der Waals surface area contributed by atoms with Crippen molar-refractivity contribution in [1.29, 1.82) is 0 Å². The summed E-state index contributed by atoms with van der Waals surface area (Å²) < 4.78 is 18.5. The number of benzene rings is 1. The lowest BCUT2D eigenvalue weighted by Gasteiger charge is -2.25. The highest BCUT2D eigenvalue weighted by Gasteiger charge is 2.22. The number of hydrogen-bond acceptors (Lipinski definition) is 4. The summed E-state index contributed by atoms with van der Waals surface area (Å²) in [4.78, 5) is 22.2. The summed E-state index contributed by atoms with van der Waals surface area (Å²) in [6.45, 7) is 5.46. The van der Waals surface area contributed by atoms with Crippen LogP contribution in [-0.2, 0) is 4.74 Å². The van der Waals surface area contributed by atoms with Gasteiger partial charge in [-0.15, -0.1) is 0 Å². The molecule has 0 aliphatic carbocycles. The highest BCUT2D eigenvalue weighted by atomic mass is 19.1. The number of para-hydroxylation sites is 1. The molecule has 0 saturated carbocycles. The van der Waals surface area contributed by atoms with E-state index in [1.54, 1.807) is 13.1 Å². The Hall–Kier alpha value is -3.02. The van der Waals surface area contributed by atoms with E-state index < -0.39 is 17.6 Å². The van der Waals surface area contributed by atoms with Crippen LogP contribution in [-0.4, -0.2) is 28.7 Å². The second-order valence-electron chi connectivity index (χ2n) is 6.95. The molecule has 0 unspecified atom stereocenters. The third-order valence-corrected chi connectivity index (χ3v) is 3.75. The van der Waals surface area contributed by atoms with Crippen LogP contribution in [0.15, 0.2) is 48.7 Å². The predicted molar refractivity (Wildman–Crippen MR) is 99.6 cm³/mol. The zero-order chi connectivity index (χ0) is 18.9. The number of rotatable bonds is 2. The number of pyridine rings is 2. The van der Waals surface area contributed by atoms with Crippen molar-refractivity contribution in [3.8, 4) is 11.3 Å². The molecule has 1 aromatic carbocycles. The van der Waals surface area contributed by atoms with E-state index in [2.05, 4.69) is 9.97 Å². The Bertz CT molecular complexity index is 949. The predicted octanol–water partition coefficient (Wildman–Crippen LogP) is 4.81. The van der Waals surface area contributed by atoms with Gasteiger partial charge in [-0.05, 0) is 45.0 Å². The van der Waals surface area contributed by atoms with Crippen molar-refractivity contribution in [3.63, 3.8) is 0 Å². The molecule has 0 fully saturated rings. The number of carbonyl (C=O) groups excluding carboxylic acids is 1. The van der Waals surface area contributed by atoms with E-state index in [0.29, 0.717) is 22.5 Å². The molecule has 0 N–H and O–H groups in total. The molecule has 0 atom stereocenters. The van der Waals surface area contributed by atoms with Gasteiger partial charge in [0.25, 0.3) is 0 Å². The minimum Gasteiger partial charge on any atom is -0.443 e. The normalized spacial score (nSPS) is 11.4. The Morgan fingerprint density at radius 2 is 1.88 bits per heavy atom. The van der Waals surface area contributed by atoms with Gasteiger partial charge in [0, 0.05) is 24.2 Å². The van der Waals surface area contributed by atoms with Crippen LogP contribution >= 0.6 is 0 Å². The molecule has 134 valence electrons. The molecule has 0 spiro atoms. The number of ether oxygens (including phenoxy) is 1. The standard InChI is InChI=1S/C20H20FN3O2/c1-20(2,3)26-19(25)24(4)16-7-5-6-13-8-10-15(23-18(13)16)14-9-11-17(21)22-12-14/h5-12H,1-4H3. The lowest BCUT2D eigenvalue weighted by Crippen LogP contribution is -2.34. The molecule has 0 aliphatic heterocycles. The SMILES string of the molecule is CN(C(=O)OC(C)(C)C)c1cccc2ccc(-c3ccc(F)nc3)nc12. The first-order chi connectivity index (χ1) is 12.2. The smallest absolute Gasteiger partial charge is 0.414 e. The van der Waals surface area contributed by atoms with Gasteiger partial charge in [-0.2, -0.15) is 4.39 Å². The Balaban J connectivity index is 2.04. The number of amides is 1. The highest BCUT2D eigenvalue weighted by Crippen LogP contribution is 2.28. The van der Waals surface area contributed by atoms with Gasteiger partial charge in [0.05, 0.1) is 16.9 Å². The minimum atomic E-state index is -0.589. The number of fused-ring (bicyclic) bond motifs is 1. The van der Waals surface area contributed by atoms with E-state index in [0.717, 1.165) is 5.39 Å². The van der Waals surface area contributed by atoms with Crippen LogP contribution in [0.25, 0.3) is 22.2 Å². The fourth-order valence-corrected chi connectivity index (χ4v) is 2.52. The molecule has 26 heavy (non-hydrogen) atoms. The Kier molecular flexibility index (Phi) is 4.59. The van der Waals surface area contributed by atoms with Gasteiger partial charge in [0.1, 0.15) is 5.60 Å². The van der Waals surface area contributed by atoms with Gasteiger partial charge >= 0.3 is 6.09 Å². The minimum absolute atomic E-state index is 0.458. The summed E-state index contributed by atoms with van der Waals surface area (Å²) >= 11 is 0. The lowest BCUT2D eigenvalue weighted by molar-refractivity contribution is 0.0589. The fraction of sp³-hybridized carbons (Fsp3) is 0.250. The Labute approximate surface area is 151 Å². The summed E-state index contributed by atoms with van der Waals surface area (Å²) in [7, 11) is 1.65. The van der Waals surface area contributed by atoms with Crippen LogP contribution in [0.4, 0.5) is 14.9 Å². The summed E-state index contributed by atoms with van der Waals surface area (Å²) in [5, 5.41) is 0.886. The number of carbonyl (C=O) groups is 1. The topological polar surface area (TPSA) is 55.3 Å². The van der Waals surface area contributed by atoms with Crippen LogP contribution in [0.3, 0.4) is 0 Å². The second-order valence-corrected chi connectivity index (χ2v) is 6.95. The number of halogens is 1. The molecular weight excluding hydrogens is 333 g/mol. The first-order valence-corrected chi connectivity index (χ1v) is 8.23. The van der Waals surface area contributed by atoms with Crippen LogP contribution in [0.2, 0.25) is 0 Å². The number of nitrogens with zero attached hydrogens (tertiary/aromatic N) is 3. The van der Waals surface area contributed by atoms with Gasteiger partial charge in [-0.1, -0.05) is 18.2 Å². The number of anilines is 1. The molecule has 1 amide bonds. The van der Waals surface area contributed by atoms with Crippen molar-refractivity contribution in [2.45, 2.75) is 26.4 Å². The molecule has 0 bridgehead atoms. The molecule has 3 aromatic rings. The van der Waals surface area contributed by atoms with Gasteiger partial charge in [0.2, 0.25) is 5.95 Å². The largest absolute Gasteiger partial charge is 0.443 e. The maximum Gasteiger partial charge on any atom is 0.414 e. The molecule has 5 nitrogen and oxygen atoms in total. The fourth-order valence-electron chi connectivity index (χ4n) is 2.52. The van der Waals surface area contributed by atoms with Crippen molar-refractivity contribution in [1.82, 2.24) is 9.97 Å². The van der Waals surface area contributed by atoms with E-state index in [4.69, 9.17) is 4.74 Å². The molecule has 0 aliphatic rings. The van der Waals surface area contributed by atoms with E-state index in [1.807, 2.05) is 51.1 Å². The maximum absolute atomic E-state index is 13.1. The first kappa shape index (κ1) is 17.8. The molecular formula is C20H20FN3O2. The van der Waals surface area contributed by atoms with Gasteiger partial charge in [0.15, 0.2) is 0 Å². The van der Waals surface area contributed by atoms with Crippen LogP contribution < -0.4 is 4.90 Å². The van der Waals surface area contributed by atoms with Crippen molar-refractivity contribution >= 4 is 22.7 Å². The van der Waals surface area contributed by atoms with Crippen LogP contribution in [0, 0.1) is 5.95 Å². The van der Waals surface area contributed by atoms with E-state index >= 15 is 0 Å². The van der Waals surface area contributed by atoms with Gasteiger partial charge in [-0.3, -0.25) is 4.90 Å². The lowest BCUT2D eigenvalue weighted by atomic mass is 10.1. The summed E-state index contributed by atoms with van der Waals surface area (Å²) in [6, 6.07) is 12.3. The molecule has 2 aromatic heterocycles. The van der Waals surface area contributed by atoms with Crippen LogP contribution in [0.5, 0.6) is 0 Å². The molecule has 6 heteroatoms. The average Bonchev–Trinajstić information content (AvgIpc) is 2.59. The Morgan fingerprint density at radius 1 is 1.12 bits per heavy atom. The van der Waals surface area contributed by atoms with E-state index in [1.165, 1.54) is 17.2 Å². The van der Waals surface area contributed by atoms with Gasteiger partial charge in [-0.25, -0.2) is 14.8 Å². The third-order valence-electron chi connectivity index (χ3n) is 3.75. The van der Waals surface area contributed by atoms with Crippen molar-refractivity contribution in [2.24, 2.45) is 0 Å². The highest BCUT2D eigenvalue weighted by molar-refractivity contribution is 5.99. The third kappa shape index (κ3) is 3.79. The molecule has 2 heterocycles. The number of hydrogen-bond donors (Lipinski definition) is 0. The second kappa shape index (κ2) is 6.71. The van der Waals surface area contributed by atoms with Crippen molar-refractivity contribution in [2.75, 3.05) is 11.9 Å². The van der Waals surface area contributed by atoms with Crippen LogP contribution in [0.1, 0.15) is 20.8 Å². The summed E-state index contributed by atoms with van der Waals surface area (Å²) in [5.74, 6) is -0.542. The maximum atomic E-state index is 13.1. The van der Waals surface area contributed by atoms with E-state index in [9.17, 15) is 9.18 Å². The quantitative estimate of drug-likeness (QED) is 0.621. The summed E-state index contributed by atoms with van der Waals surface area (Å²) in [5.41, 5.74) is 2.04. The molecule has 0 radical (unpaired) electrons. The summed E-state index contributed by atoms with van der Waals surface area (Å²) in [6.07, 6.45) is 0.976. The zero-order valence-electron chi connectivity index (χ0n) is 15.2. The molecule has 0 saturated heterocycles. The Morgan fingerprint density at radius 3 is 2.54 bits per heavy atom. The monoisotopic (exact) mass is 353 g/mol. The van der Waals surface area contributed by atoms with Crippen molar-refractivity contribution in [3.05, 3.63) is 54.6 Å². The zero-order valence-corrected chi connectivity index (χ0v) is 15.2.